The number of piperidine rings is 1. The minimum Gasteiger partial charge on any atom is -0.391 e. The van der Waals surface area contributed by atoms with Crippen LogP contribution in [0, 0.1) is 23.4 Å². The fourth-order valence-corrected chi connectivity index (χ4v) is 4.89. The Morgan fingerprint density at radius 2 is 1.86 bits per heavy atom. The molecule has 3 heterocycles. The Bertz CT molecular complexity index is 1300. The van der Waals surface area contributed by atoms with Gasteiger partial charge in [-0.15, -0.1) is 0 Å². The molecule has 0 aliphatic carbocycles. The lowest BCUT2D eigenvalue weighted by molar-refractivity contribution is 0.0784. The van der Waals surface area contributed by atoms with Crippen molar-refractivity contribution in [1.29, 1.82) is 0 Å². The zero-order valence-electron chi connectivity index (χ0n) is 19.6. The van der Waals surface area contributed by atoms with Gasteiger partial charge in [-0.05, 0) is 30.3 Å². The number of ketones is 1. The number of aromatic nitrogens is 2. The molecule has 4 rings (SSSR count). The lowest BCUT2D eigenvalue weighted by Crippen LogP contribution is -2.55. The standard InChI is InChI=1S/C25H25F3N4O3S/c1-13-11-32(12-19(29)25(13)34)21-5-6-30-10-14(21)7-22(33)20-4-3-16(26)24(31-20)23-17(27)8-15(36(2)35)9-18(23)28/h3-6,8-10,13,19,25,34H,7,11-12,29H2,1-2H3/t13-,19+,25+,36+/m0/s1. The molecule has 0 radical (unpaired) electrons. The Morgan fingerprint density at radius 3 is 2.50 bits per heavy atom. The number of nitrogens with two attached hydrogens (primary N) is 1. The number of Topliss-reactive ketones (excluding diaryl/α,β-unsaturated/α-hetero) is 1. The summed E-state index contributed by atoms with van der Waals surface area (Å²) in [5, 5.41) is 10.2. The van der Waals surface area contributed by atoms with Crippen LogP contribution >= 0.6 is 0 Å². The second-order valence-electron chi connectivity index (χ2n) is 8.88. The lowest BCUT2D eigenvalue weighted by Gasteiger charge is -2.40. The highest BCUT2D eigenvalue weighted by atomic mass is 32.2. The van der Waals surface area contributed by atoms with Crippen LogP contribution in [0.1, 0.15) is 23.0 Å². The predicted molar refractivity (Wildman–Crippen MR) is 130 cm³/mol. The molecule has 1 aromatic carbocycles. The third-order valence-electron chi connectivity index (χ3n) is 6.25. The molecule has 3 aromatic rings. The molecular weight excluding hydrogens is 493 g/mol. The van der Waals surface area contributed by atoms with Crippen LogP contribution in [0.5, 0.6) is 0 Å². The fourth-order valence-electron chi connectivity index (χ4n) is 4.35. The molecule has 3 N–H and O–H groups in total. The Hall–Kier alpha value is -3.15. The molecule has 190 valence electrons. The van der Waals surface area contributed by atoms with Crippen molar-refractivity contribution in [2.75, 3.05) is 24.2 Å². The van der Waals surface area contributed by atoms with Gasteiger partial charge in [0.1, 0.15) is 28.8 Å². The van der Waals surface area contributed by atoms with Gasteiger partial charge < -0.3 is 15.7 Å². The molecule has 1 aliphatic heterocycles. The Balaban J connectivity index is 1.64. The van der Waals surface area contributed by atoms with Gasteiger partial charge in [-0.3, -0.25) is 14.0 Å². The number of aliphatic hydroxyl groups is 1. The summed E-state index contributed by atoms with van der Waals surface area (Å²) in [5.41, 5.74) is 5.79. The number of rotatable bonds is 6. The first kappa shape index (κ1) is 25.9. The van der Waals surface area contributed by atoms with E-state index in [1.807, 2.05) is 11.8 Å². The predicted octanol–water partition coefficient (Wildman–Crippen LogP) is 2.87. The zero-order valence-corrected chi connectivity index (χ0v) is 20.4. The van der Waals surface area contributed by atoms with Crippen molar-refractivity contribution in [2.24, 2.45) is 11.7 Å². The van der Waals surface area contributed by atoms with Gasteiger partial charge in [0.05, 0.1) is 11.7 Å². The highest BCUT2D eigenvalue weighted by Crippen LogP contribution is 2.30. The van der Waals surface area contributed by atoms with Crippen molar-refractivity contribution in [3.63, 3.8) is 0 Å². The summed E-state index contributed by atoms with van der Waals surface area (Å²) in [7, 11) is -1.65. The van der Waals surface area contributed by atoms with Gasteiger partial charge in [0.2, 0.25) is 0 Å². The van der Waals surface area contributed by atoms with Gasteiger partial charge in [0.15, 0.2) is 5.78 Å². The van der Waals surface area contributed by atoms with E-state index in [0.717, 1.165) is 30.0 Å². The summed E-state index contributed by atoms with van der Waals surface area (Å²) < 4.78 is 55.5. The first-order valence-electron chi connectivity index (χ1n) is 11.2. The molecular formula is C25H25F3N4O3S. The van der Waals surface area contributed by atoms with Crippen molar-refractivity contribution in [3.05, 3.63) is 71.4 Å². The third-order valence-corrected chi connectivity index (χ3v) is 7.15. The van der Waals surface area contributed by atoms with Gasteiger partial charge in [-0.1, -0.05) is 6.92 Å². The Kier molecular flexibility index (Phi) is 7.53. The highest BCUT2D eigenvalue weighted by molar-refractivity contribution is 7.84. The average Bonchev–Trinajstić information content (AvgIpc) is 2.83. The molecule has 36 heavy (non-hydrogen) atoms. The number of hydrogen-bond donors (Lipinski definition) is 2. The van der Waals surface area contributed by atoms with E-state index in [4.69, 9.17) is 5.73 Å². The summed E-state index contributed by atoms with van der Waals surface area (Å²) in [6.07, 6.45) is 3.59. The zero-order chi connectivity index (χ0) is 26.1. The van der Waals surface area contributed by atoms with E-state index in [9.17, 15) is 27.3 Å². The Labute approximate surface area is 208 Å². The van der Waals surface area contributed by atoms with Crippen LogP contribution in [-0.4, -0.2) is 56.6 Å². The van der Waals surface area contributed by atoms with Crippen LogP contribution in [0.4, 0.5) is 18.9 Å². The van der Waals surface area contributed by atoms with Crippen molar-refractivity contribution in [2.45, 2.75) is 30.4 Å². The van der Waals surface area contributed by atoms with Crippen molar-refractivity contribution < 1.29 is 27.3 Å². The smallest absolute Gasteiger partial charge is 0.185 e. The molecule has 0 amide bonds. The summed E-state index contributed by atoms with van der Waals surface area (Å²) in [5.74, 6) is -3.88. The molecule has 0 bridgehead atoms. The number of halogens is 3. The van der Waals surface area contributed by atoms with Gasteiger partial charge in [0, 0.05) is 77.1 Å². The van der Waals surface area contributed by atoms with Crippen LogP contribution in [0.15, 0.2) is 47.6 Å². The minimum atomic E-state index is -1.65. The molecule has 0 unspecified atom stereocenters. The second kappa shape index (κ2) is 10.5. The van der Waals surface area contributed by atoms with E-state index in [1.165, 1.54) is 12.5 Å². The van der Waals surface area contributed by atoms with Crippen molar-refractivity contribution in [1.82, 2.24) is 9.97 Å². The number of pyridine rings is 2. The number of aliphatic hydroxyl groups excluding tert-OH is 1. The number of hydrogen-bond acceptors (Lipinski definition) is 7. The summed E-state index contributed by atoms with van der Waals surface area (Å²) in [6, 6.07) is 5.07. The van der Waals surface area contributed by atoms with Gasteiger partial charge in [-0.25, -0.2) is 18.2 Å². The van der Waals surface area contributed by atoms with Gasteiger partial charge in [-0.2, -0.15) is 0 Å². The van der Waals surface area contributed by atoms with E-state index >= 15 is 0 Å². The average molecular weight is 519 g/mol. The number of anilines is 1. The van der Waals surface area contributed by atoms with Crippen LogP contribution in [0.2, 0.25) is 0 Å². The van der Waals surface area contributed by atoms with E-state index < -0.39 is 57.4 Å². The largest absolute Gasteiger partial charge is 0.391 e. The third kappa shape index (κ3) is 5.18. The monoisotopic (exact) mass is 518 g/mol. The van der Waals surface area contributed by atoms with Gasteiger partial charge >= 0.3 is 0 Å². The maximum Gasteiger partial charge on any atom is 0.185 e. The van der Waals surface area contributed by atoms with Crippen LogP contribution in [0.25, 0.3) is 11.3 Å². The quantitative estimate of drug-likeness (QED) is 0.483. The fraction of sp³-hybridized carbons (Fsp3) is 0.320. The van der Waals surface area contributed by atoms with E-state index in [0.29, 0.717) is 18.7 Å². The molecule has 1 aliphatic rings. The normalized spacial score (nSPS) is 20.9. The molecule has 0 spiro atoms. The highest BCUT2D eigenvalue weighted by Gasteiger charge is 2.32. The second-order valence-corrected chi connectivity index (χ2v) is 10.3. The number of benzene rings is 1. The molecule has 2 aromatic heterocycles. The summed E-state index contributed by atoms with van der Waals surface area (Å²) >= 11 is 0. The molecule has 11 heteroatoms. The number of carbonyl (C=O) groups is 1. The van der Waals surface area contributed by atoms with E-state index in [1.54, 1.807) is 12.3 Å². The first-order chi connectivity index (χ1) is 17.1. The van der Waals surface area contributed by atoms with Crippen molar-refractivity contribution in [3.8, 4) is 11.3 Å². The SMILES string of the molecule is C[C@H]1CN(c2ccncc2CC(=O)c2ccc(F)c(-c3c(F)cc([S@@](C)=O)cc3F)n2)C[C@@H](N)[C@@H]1O. The molecule has 1 fully saturated rings. The maximum absolute atomic E-state index is 14.7. The van der Waals surface area contributed by atoms with Gasteiger partial charge in [0.25, 0.3) is 0 Å². The Morgan fingerprint density at radius 1 is 1.17 bits per heavy atom. The topological polar surface area (TPSA) is 109 Å². The molecule has 1 saturated heterocycles. The first-order valence-corrected chi connectivity index (χ1v) is 12.8. The summed E-state index contributed by atoms with van der Waals surface area (Å²) in [4.78, 5) is 23.0. The molecule has 4 atom stereocenters. The molecule has 0 saturated carbocycles. The van der Waals surface area contributed by atoms with Crippen LogP contribution in [0.3, 0.4) is 0 Å². The van der Waals surface area contributed by atoms with E-state index in [-0.39, 0.29) is 22.9 Å². The van der Waals surface area contributed by atoms with Crippen LogP contribution < -0.4 is 10.6 Å². The lowest BCUT2D eigenvalue weighted by atomic mass is 9.92. The minimum absolute atomic E-state index is 0.0897. The van der Waals surface area contributed by atoms with Crippen LogP contribution in [-0.2, 0) is 17.2 Å². The summed E-state index contributed by atoms with van der Waals surface area (Å²) in [6.45, 7) is 2.79. The molecule has 7 nitrogen and oxygen atoms in total. The van der Waals surface area contributed by atoms with Crippen molar-refractivity contribution >= 4 is 22.3 Å². The maximum atomic E-state index is 14.7. The van der Waals surface area contributed by atoms with E-state index in [2.05, 4.69) is 9.97 Å². The number of carbonyl (C=O) groups excluding carboxylic acids is 1. The number of nitrogens with zero attached hydrogens (tertiary/aromatic N) is 3.